The Morgan fingerprint density at radius 2 is 1.92 bits per heavy atom. The summed E-state index contributed by atoms with van der Waals surface area (Å²) in [6, 6.07) is 6.74. The molecule has 1 aliphatic heterocycles. The molecule has 1 aromatic rings. The van der Waals surface area contributed by atoms with Gasteiger partial charge in [-0.3, -0.25) is 9.59 Å². The van der Waals surface area contributed by atoms with Gasteiger partial charge in [0.1, 0.15) is 0 Å². The van der Waals surface area contributed by atoms with Gasteiger partial charge in [-0.05, 0) is 25.0 Å². The second-order valence-electron chi connectivity index (χ2n) is 5.57. The topological polar surface area (TPSA) is 92.8 Å². The molecule has 7 nitrogen and oxygen atoms in total. The maximum atomic E-state index is 12.0. The minimum atomic E-state index is -3.23. The number of halogens is 1. The van der Waals surface area contributed by atoms with E-state index in [1.165, 1.54) is 4.31 Å². The molecule has 1 saturated heterocycles. The van der Waals surface area contributed by atoms with Gasteiger partial charge in [0, 0.05) is 13.1 Å². The van der Waals surface area contributed by atoms with E-state index in [1.54, 1.807) is 24.3 Å². The Kier molecular flexibility index (Phi) is 6.20. The summed E-state index contributed by atoms with van der Waals surface area (Å²) in [6.07, 6.45) is 1.92. The minimum Gasteiger partial charge on any atom is -0.455 e. The Labute approximate surface area is 146 Å². The van der Waals surface area contributed by atoms with Gasteiger partial charge in [0.2, 0.25) is 10.0 Å². The highest BCUT2D eigenvalue weighted by Crippen LogP contribution is 2.21. The van der Waals surface area contributed by atoms with Gasteiger partial charge < -0.3 is 10.1 Å². The summed E-state index contributed by atoms with van der Waals surface area (Å²) in [6.45, 7) is 0.158. The molecule has 1 fully saturated rings. The molecule has 0 atom stereocenters. The lowest BCUT2D eigenvalue weighted by Crippen LogP contribution is -2.40. The molecule has 0 aromatic heterocycles. The zero-order chi connectivity index (χ0) is 17.7. The molecular formula is C15H19ClN2O5S. The number of carbonyl (C=O) groups is 2. The van der Waals surface area contributed by atoms with E-state index in [9.17, 15) is 18.0 Å². The highest BCUT2D eigenvalue weighted by molar-refractivity contribution is 7.88. The van der Waals surface area contributed by atoms with Crippen molar-refractivity contribution in [2.24, 2.45) is 5.92 Å². The number of amides is 1. The molecule has 0 unspecified atom stereocenters. The van der Waals surface area contributed by atoms with E-state index in [0.29, 0.717) is 23.6 Å². The Morgan fingerprint density at radius 1 is 1.29 bits per heavy atom. The first-order valence-corrected chi connectivity index (χ1v) is 9.66. The number of piperidine rings is 1. The quantitative estimate of drug-likeness (QED) is 0.788. The first-order chi connectivity index (χ1) is 11.3. The van der Waals surface area contributed by atoms with Gasteiger partial charge in [0.15, 0.2) is 6.61 Å². The fourth-order valence-corrected chi connectivity index (χ4v) is 3.48. The van der Waals surface area contributed by atoms with Crippen LogP contribution in [0.2, 0.25) is 5.02 Å². The van der Waals surface area contributed by atoms with Crippen LogP contribution in [0, 0.1) is 5.92 Å². The minimum absolute atomic E-state index is 0.282. The number of rotatable bonds is 5. The fraction of sp³-hybridized carbons (Fsp3) is 0.467. The van der Waals surface area contributed by atoms with E-state index in [1.807, 2.05) is 0 Å². The summed E-state index contributed by atoms with van der Waals surface area (Å²) in [5, 5.41) is 2.95. The summed E-state index contributed by atoms with van der Waals surface area (Å²) in [5.74, 6) is -1.36. The van der Waals surface area contributed by atoms with Crippen LogP contribution in [0.4, 0.5) is 5.69 Å². The van der Waals surface area contributed by atoms with E-state index in [-0.39, 0.29) is 13.1 Å². The monoisotopic (exact) mass is 374 g/mol. The van der Waals surface area contributed by atoms with Crippen LogP contribution in [0.25, 0.3) is 0 Å². The van der Waals surface area contributed by atoms with E-state index in [2.05, 4.69) is 5.32 Å². The molecule has 1 amide bonds. The van der Waals surface area contributed by atoms with Gasteiger partial charge in [-0.1, -0.05) is 23.7 Å². The molecule has 1 N–H and O–H groups in total. The average molecular weight is 375 g/mol. The number of carbonyl (C=O) groups excluding carboxylic acids is 2. The van der Waals surface area contributed by atoms with Crippen molar-refractivity contribution in [3.8, 4) is 0 Å². The summed E-state index contributed by atoms with van der Waals surface area (Å²) in [7, 11) is -3.23. The number of nitrogens with zero attached hydrogens (tertiary/aromatic N) is 1. The predicted molar refractivity (Wildman–Crippen MR) is 90.2 cm³/mol. The molecule has 0 spiro atoms. The fourth-order valence-electron chi connectivity index (χ4n) is 2.43. The Morgan fingerprint density at radius 3 is 2.50 bits per heavy atom. The van der Waals surface area contributed by atoms with Gasteiger partial charge in [-0.15, -0.1) is 0 Å². The summed E-state index contributed by atoms with van der Waals surface area (Å²) < 4.78 is 29.2. The molecule has 9 heteroatoms. The number of esters is 1. The van der Waals surface area contributed by atoms with Crippen molar-refractivity contribution >= 4 is 39.2 Å². The second kappa shape index (κ2) is 7.96. The zero-order valence-electron chi connectivity index (χ0n) is 13.2. The molecule has 132 valence electrons. The van der Waals surface area contributed by atoms with E-state index in [0.717, 1.165) is 6.26 Å². The normalized spacial score (nSPS) is 16.6. The van der Waals surface area contributed by atoms with Crippen LogP contribution < -0.4 is 5.32 Å². The molecular weight excluding hydrogens is 356 g/mol. The molecule has 1 aliphatic rings. The molecule has 0 radical (unpaired) electrons. The third kappa shape index (κ3) is 5.19. The number of sulfonamides is 1. The zero-order valence-corrected chi connectivity index (χ0v) is 14.8. The van der Waals surface area contributed by atoms with Gasteiger partial charge in [0.05, 0.1) is 22.9 Å². The summed E-state index contributed by atoms with van der Waals surface area (Å²) in [4.78, 5) is 23.8. The Bertz CT molecular complexity index is 714. The number of ether oxygens (including phenoxy) is 1. The van der Waals surface area contributed by atoms with Crippen molar-refractivity contribution in [1.82, 2.24) is 4.31 Å². The average Bonchev–Trinajstić information content (AvgIpc) is 2.54. The van der Waals surface area contributed by atoms with Crippen molar-refractivity contribution < 1.29 is 22.7 Å². The molecule has 2 rings (SSSR count). The van der Waals surface area contributed by atoms with Gasteiger partial charge >= 0.3 is 5.97 Å². The lowest BCUT2D eigenvalue weighted by molar-refractivity contribution is -0.152. The van der Waals surface area contributed by atoms with Crippen molar-refractivity contribution in [2.75, 3.05) is 31.3 Å². The van der Waals surface area contributed by atoms with Gasteiger partial charge in [-0.25, -0.2) is 12.7 Å². The maximum absolute atomic E-state index is 12.0. The second-order valence-corrected chi connectivity index (χ2v) is 7.96. The first-order valence-electron chi connectivity index (χ1n) is 7.43. The Balaban J connectivity index is 1.77. The van der Waals surface area contributed by atoms with E-state index in [4.69, 9.17) is 16.3 Å². The third-order valence-electron chi connectivity index (χ3n) is 3.75. The smallest absolute Gasteiger partial charge is 0.309 e. The highest BCUT2D eigenvalue weighted by atomic mass is 35.5. The van der Waals surface area contributed by atoms with Crippen LogP contribution in [0.15, 0.2) is 24.3 Å². The van der Waals surface area contributed by atoms with Crippen molar-refractivity contribution in [2.45, 2.75) is 12.8 Å². The summed E-state index contributed by atoms with van der Waals surface area (Å²) in [5.41, 5.74) is 0.446. The number of hydrogen-bond donors (Lipinski definition) is 1. The van der Waals surface area contributed by atoms with Crippen molar-refractivity contribution in [3.05, 3.63) is 29.3 Å². The maximum Gasteiger partial charge on any atom is 0.309 e. The lowest BCUT2D eigenvalue weighted by atomic mass is 9.98. The molecule has 0 bridgehead atoms. The number of hydrogen-bond acceptors (Lipinski definition) is 5. The van der Waals surface area contributed by atoms with Crippen LogP contribution in [0.1, 0.15) is 12.8 Å². The number of nitrogens with one attached hydrogen (secondary N) is 1. The number of anilines is 1. The van der Waals surface area contributed by atoms with Gasteiger partial charge in [0.25, 0.3) is 5.91 Å². The van der Waals surface area contributed by atoms with Crippen molar-refractivity contribution in [3.63, 3.8) is 0 Å². The van der Waals surface area contributed by atoms with Gasteiger partial charge in [-0.2, -0.15) is 0 Å². The highest BCUT2D eigenvalue weighted by Gasteiger charge is 2.30. The standard InChI is InChI=1S/C15H19ClN2O5S/c1-24(21,22)18-8-6-11(7-9-18)15(20)23-10-14(19)17-13-5-3-2-4-12(13)16/h2-5,11H,6-10H2,1H3,(H,17,19). The van der Waals surface area contributed by atoms with Crippen LogP contribution in [-0.4, -0.2) is 50.6 Å². The Hall–Kier alpha value is -1.64. The molecule has 1 aromatic carbocycles. The largest absolute Gasteiger partial charge is 0.455 e. The van der Waals surface area contributed by atoms with Crippen LogP contribution >= 0.6 is 11.6 Å². The van der Waals surface area contributed by atoms with Crippen molar-refractivity contribution in [1.29, 1.82) is 0 Å². The predicted octanol–water partition coefficient (Wildman–Crippen LogP) is 1.49. The van der Waals surface area contributed by atoms with Crippen LogP contribution in [0.5, 0.6) is 0 Å². The summed E-state index contributed by atoms with van der Waals surface area (Å²) >= 11 is 5.93. The molecule has 0 aliphatic carbocycles. The van der Waals surface area contributed by atoms with Crippen LogP contribution in [0.3, 0.4) is 0 Å². The molecule has 1 heterocycles. The van der Waals surface area contributed by atoms with E-state index < -0.39 is 34.4 Å². The molecule has 24 heavy (non-hydrogen) atoms. The molecule has 0 saturated carbocycles. The SMILES string of the molecule is CS(=O)(=O)N1CCC(C(=O)OCC(=O)Nc2ccccc2Cl)CC1. The van der Waals surface area contributed by atoms with Crippen LogP contribution in [-0.2, 0) is 24.3 Å². The van der Waals surface area contributed by atoms with E-state index >= 15 is 0 Å². The lowest BCUT2D eigenvalue weighted by Gasteiger charge is -2.28. The first kappa shape index (κ1) is 18.7. The third-order valence-corrected chi connectivity index (χ3v) is 5.38. The number of benzene rings is 1. The number of para-hydroxylation sites is 1.